The van der Waals surface area contributed by atoms with Crippen molar-refractivity contribution in [2.75, 3.05) is 23.8 Å². The SMILES string of the molecule is CC(C)CN(C(=O)COC(=O)c1ccccc1Cl)c1c(N)n(Cc2ccccc2)c(=O)[nH]c1=O. The van der Waals surface area contributed by atoms with E-state index in [4.69, 9.17) is 22.1 Å². The van der Waals surface area contributed by atoms with Crippen molar-refractivity contribution in [3.63, 3.8) is 0 Å². The number of carbonyl (C=O) groups is 2. The van der Waals surface area contributed by atoms with Crippen molar-refractivity contribution in [3.8, 4) is 0 Å². The molecule has 1 aromatic heterocycles. The number of benzene rings is 2. The van der Waals surface area contributed by atoms with Gasteiger partial charge in [-0.25, -0.2) is 9.59 Å². The maximum atomic E-state index is 13.1. The van der Waals surface area contributed by atoms with Gasteiger partial charge in [0.05, 0.1) is 17.1 Å². The van der Waals surface area contributed by atoms with E-state index < -0.39 is 29.7 Å². The highest BCUT2D eigenvalue weighted by molar-refractivity contribution is 6.33. The molecule has 0 radical (unpaired) electrons. The second kappa shape index (κ2) is 10.8. The van der Waals surface area contributed by atoms with Crippen LogP contribution in [0.4, 0.5) is 11.5 Å². The van der Waals surface area contributed by atoms with Crippen LogP contribution in [0.5, 0.6) is 0 Å². The van der Waals surface area contributed by atoms with Crippen molar-refractivity contribution in [2.45, 2.75) is 20.4 Å². The highest BCUT2D eigenvalue weighted by atomic mass is 35.5. The summed E-state index contributed by atoms with van der Waals surface area (Å²) in [6.07, 6.45) is 0. The normalized spacial score (nSPS) is 10.8. The van der Waals surface area contributed by atoms with Crippen molar-refractivity contribution in [3.05, 3.63) is 91.6 Å². The van der Waals surface area contributed by atoms with Crippen LogP contribution in [-0.2, 0) is 16.1 Å². The van der Waals surface area contributed by atoms with E-state index in [-0.39, 0.29) is 41.1 Å². The number of nitrogens with zero attached hydrogens (tertiary/aromatic N) is 2. The van der Waals surface area contributed by atoms with Gasteiger partial charge in [-0.2, -0.15) is 0 Å². The molecule has 0 aliphatic heterocycles. The first kappa shape index (κ1) is 24.8. The van der Waals surface area contributed by atoms with Gasteiger partial charge in [0.25, 0.3) is 11.5 Å². The largest absolute Gasteiger partial charge is 0.452 e. The van der Waals surface area contributed by atoms with E-state index in [1.165, 1.54) is 16.7 Å². The summed E-state index contributed by atoms with van der Waals surface area (Å²) in [5, 5.41) is 0.188. The molecule has 0 bridgehead atoms. The lowest BCUT2D eigenvalue weighted by Gasteiger charge is -2.26. The van der Waals surface area contributed by atoms with Crippen LogP contribution in [0, 0.1) is 5.92 Å². The van der Waals surface area contributed by atoms with E-state index in [0.29, 0.717) is 0 Å². The molecule has 0 spiro atoms. The molecule has 0 atom stereocenters. The van der Waals surface area contributed by atoms with Crippen LogP contribution in [0.3, 0.4) is 0 Å². The van der Waals surface area contributed by atoms with E-state index in [1.54, 1.807) is 12.1 Å². The van der Waals surface area contributed by atoms with Crippen molar-refractivity contribution in [1.29, 1.82) is 0 Å². The van der Waals surface area contributed by atoms with Gasteiger partial charge < -0.3 is 15.4 Å². The highest BCUT2D eigenvalue weighted by Gasteiger charge is 2.26. The van der Waals surface area contributed by atoms with E-state index in [9.17, 15) is 19.2 Å². The van der Waals surface area contributed by atoms with E-state index in [0.717, 1.165) is 10.5 Å². The number of hydrogen-bond acceptors (Lipinski definition) is 6. The lowest BCUT2D eigenvalue weighted by atomic mass is 10.2. The predicted molar refractivity (Wildman–Crippen MR) is 130 cm³/mol. The monoisotopic (exact) mass is 484 g/mol. The van der Waals surface area contributed by atoms with Gasteiger partial charge in [-0.1, -0.05) is 67.9 Å². The predicted octanol–water partition coefficient (Wildman–Crippen LogP) is 2.67. The lowest BCUT2D eigenvalue weighted by molar-refractivity contribution is -0.121. The minimum Gasteiger partial charge on any atom is -0.452 e. The van der Waals surface area contributed by atoms with Gasteiger partial charge in [-0.05, 0) is 23.6 Å². The molecule has 0 fully saturated rings. The molecule has 34 heavy (non-hydrogen) atoms. The molecule has 10 heteroatoms. The van der Waals surface area contributed by atoms with Crippen LogP contribution in [0.2, 0.25) is 5.02 Å². The lowest BCUT2D eigenvalue weighted by Crippen LogP contribution is -2.44. The van der Waals surface area contributed by atoms with Gasteiger partial charge in [-0.15, -0.1) is 0 Å². The summed E-state index contributed by atoms with van der Waals surface area (Å²) in [5.74, 6) is -1.67. The molecule has 0 aliphatic carbocycles. The molecule has 178 valence electrons. The Morgan fingerprint density at radius 3 is 2.38 bits per heavy atom. The molecule has 1 amide bonds. The van der Waals surface area contributed by atoms with Gasteiger partial charge in [0.2, 0.25) is 0 Å². The number of nitrogen functional groups attached to an aromatic ring is 1. The fourth-order valence-corrected chi connectivity index (χ4v) is 3.57. The van der Waals surface area contributed by atoms with Gasteiger partial charge in [-0.3, -0.25) is 19.1 Å². The summed E-state index contributed by atoms with van der Waals surface area (Å²) >= 11 is 6.01. The first-order valence-corrected chi connectivity index (χ1v) is 10.9. The molecule has 0 saturated carbocycles. The number of halogens is 1. The van der Waals surface area contributed by atoms with Crippen LogP contribution < -0.4 is 21.9 Å². The van der Waals surface area contributed by atoms with Crippen LogP contribution in [0.25, 0.3) is 0 Å². The number of aromatic nitrogens is 2. The van der Waals surface area contributed by atoms with Crippen molar-refractivity contribution < 1.29 is 14.3 Å². The first-order valence-electron chi connectivity index (χ1n) is 10.6. The Balaban J connectivity index is 1.92. The third kappa shape index (κ3) is 5.74. The fourth-order valence-electron chi connectivity index (χ4n) is 3.35. The minimum absolute atomic E-state index is 0.0588. The number of aromatic amines is 1. The first-order chi connectivity index (χ1) is 16.2. The molecule has 2 aromatic carbocycles. The Morgan fingerprint density at radius 1 is 1.09 bits per heavy atom. The highest BCUT2D eigenvalue weighted by Crippen LogP contribution is 2.20. The van der Waals surface area contributed by atoms with Crippen LogP contribution in [0.1, 0.15) is 29.8 Å². The summed E-state index contributed by atoms with van der Waals surface area (Å²) in [5.41, 5.74) is 5.45. The van der Waals surface area contributed by atoms with Crippen LogP contribution >= 0.6 is 11.6 Å². The summed E-state index contributed by atoms with van der Waals surface area (Å²) in [7, 11) is 0. The molecule has 9 nitrogen and oxygen atoms in total. The third-order valence-electron chi connectivity index (χ3n) is 4.94. The zero-order chi connectivity index (χ0) is 24.8. The quantitative estimate of drug-likeness (QED) is 0.473. The van der Waals surface area contributed by atoms with Crippen molar-refractivity contribution in [1.82, 2.24) is 9.55 Å². The second-order valence-corrected chi connectivity index (χ2v) is 8.43. The summed E-state index contributed by atoms with van der Waals surface area (Å²) < 4.78 is 6.33. The number of nitrogens with two attached hydrogens (primary N) is 1. The molecule has 3 N–H and O–H groups in total. The number of anilines is 2. The molecular weight excluding hydrogens is 460 g/mol. The number of hydrogen-bond donors (Lipinski definition) is 2. The molecule has 0 aliphatic rings. The van der Waals surface area contributed by atoms with Gasteiger partial charge >= 0.3 is 11.7 Å². The average Bonchev–Trinajstić information content (AvgIpc) is 2.80. The van der Waals surface area contributed by atoms with E-state index >= 15 is 0 Å². The molecular formula is C24H25ClN4O5. The van der Waals surface area contributed by atoms with Crippen molar-refractivity contribution in [2.24, 2.45) is 5.92 Å². The molecule has 0 unspecified atom stereocenters. The Morgan fingerprint density at radius 2 is 1.74 bits per heavy atom. The van der Waals surface area contributed by atoms with Gasteiger partial charge in [0.15, 0.2) is 12.3 Å². The number of esters is 1. The third-order valence-corrected chi connectivity index (χ3v) is 5.27. The standard InChI is InChI=1S/C24H25ClN4O5/c1-15(2)12-28(19(30)14-34-23(32)17-10-6-7-11-18(17)25)20-21(26)29(24(33)27-22(20)31)13-16-8-4-3-5-9-16/h3-11,15H,12-14,26H2,1-2H3,(H,27,31,33). The number of carbonyl (C=O) groups excluding carboxylic acids is 2. The number of H-pyrrole nitrogens is 1. The van der Waals surface area contributed by atoms with Crippen molar-refractivity contribution >= 4 is 35.0 Å². The van der Waals surface area contributed by atoms with E-state index in [2.05, 4.69) is 4.98 Å². The second-order valence-electron chi connectivity index (χ2n) is 8.02. The zero-order valence-electron chi connectivity index (χ0n) is 18.8. The maximum absolute atomic E-state index is 13.1. The van der Waals surface area contributed by atoms with Gasteiger partial charge in [0, 0.05) is 6.54 Å². The molecule has 3 aromatic rings. The Labute approximate surface area is 200 Å². The van der Waals surface area contributed by atoms with E-state index in [1.807, 2.05) is 44.2 Å². The summed E-state index contributed by atoms with van der Waals surface area (Å²) in [6.45, 7) is 3.26. The smallest absolute Gasteiger partial charge is 0.340 e. The number of amides is 1. The van der Waals surface area contributed by atoms with Crippen LogP contribution in [-0.4, -0.2) is 34.6 Å². The molecule has 1 heterocycles. The Kier molecular flexibility index (Phi) is 7.91. The Hall–Kier alpha value is -3.85. The van der Waals surface area contributed by atoms with Gasteiger partial charge in [0.1, 0.15) is 5.82 Å². The Bertz CT molecular complexity index is 1300. The molecule has 3 rings (SSSR count). The fraction of sp³-hybridized carbons (Fsp3) is 0.250. The molecule has 0 saturated heterocycles. The summed E-state index contributed by atoms with van der Waals surface area (Å²) in [4.78, 5) is 54.0. The van der Waals surface area contributed by atoms with Crippen LogP contribution in [0.15, 0.2) is 64.2 Å². The minimum atomic E-state index is -0.807. The number of ether oxygens (including phenoxy) is 1. The topological polar surface area (TPSA) is 127 Å². The number of rotatable bonds is 8. The average molecular weight is 485 g/mol. The number of nitrogens with one attached hydrogen (secondary N) is 1. The summed E-state index contributed by atoms with van der Waals surface area (Å²) in [6, 6.07) is 15.4. The maximum Gasteiger partial charge on any atom is 0.340 e. The zero-order valence-corrected chi connectivity index (χ0v) is 19.5.